The van der Waals surface area contributed by atoms with Gasteiger partial charge in [0.15, 0.2) is 0 Å². The maximum Gasteiger partial charge on any atom is 0.343 e. The molecule has 3 aromatic carbocycles. The Morgan fingerprint density at radius 3 is 2.62 bits per heavy atom. The van der Waals surface area contributed by atoms with Gasteiger partial charge in [-0.1, -0.05) is 48.0 Å². The molecule has 0 fully saturated rings. The number of hydrogen-bond acceptors (Lipinski definition) is 3. The number of ether oxygens (including phenoxy) is 2. The lowest BCUT2D eigenvalue weighted by molar-refractivity contribution is -0.130. The van der Waals surface area contributed by atoms with Crippen LogP contribution in [0.4, 0.5) is 0 Å². The number of carbonyl (C=O) groups excluding carboxylic acids is 1. The van der Waals surface area contributed by atoms with Gasteiger partial charge in [0.25, 0.3) is 0 Å². The molecule has 3 heteroatoms. The van der Waals surface area contributed by atoms with Crippen LogP contribution < -0.4 is 4.74 Å². The van der Waals surface area contributed by atoms with E-state index in [0.717, 1.165) is 22.3 Å². The minimum atomic E-state index is -0.341. The molecule has 0 aromatic heterocycles. The largest absolute Gasteiger partial charge is 0.497 e. The summed E-state index contributed by atoms with van der Waals surface area (Å²) in [6, 6.07) is 19.9. The number of rotatable bonds is 3. The Kier molecular flexibility index (Phi) is 4.05. The van der Waals surface area contributed by atoms with Crippen LogP contribution in [0.3, 0.4) is 0 Å². The summed E-state index contributed by atoms with van der Waals surface area (Å²) in [6.07, 6.45) is 3.60. The minimum absolute atomic E-state index is 0.341. The van der Waals surface area contributed by atoms with Gasteiger partial charge in [0, 0.05) is 5.56 Å². The van der Waals surface area contributed by atoms with Crippen LogP contribution in [-0.2, 0) is 9.53 Å². The molecule has 1 heterocycles. The first kappa shape index (κ1) is 16.2. The van der Waals surface area contributed by atoms with Crippen LogP contribution in [0.25, 0.3) is 22.6 Å². The highest BCUT2D eigenvalue weighted by Gasteiger charge is 2.22. The molecule has 0 unspecified atom stereocenters. The minimum Gasteiger partial charge on any atom is -0.497 e. The molecule has 1 aliphatic heterocycles. The van der Waals surface area contributed by atoms with Crippen LogP contribution in [0.1, 0.15) is 16.7 Å². The molecule has 26 heavy (non-hydrogen) atoms. The first-order valence-electron chi connectivity index (χ1n) is 8.43. The Balaban J connectivity index is 1.69. The quantitative estimate of drug-likeness (QED) is 0.488. The SMILES string of the molecule is COc1cccc(/C=C2\C=C(c3ccc4cc(C)ccc4c3)OC2=O)c1. The predicted octanol–water partition coefficient (Wildman–Crippen LogP) is 5.14. The van der Waals surface area contributed by atoms with E-state index in [1.54, 1.807) is 13.2 Å². The summed E-state index contributed by atoms with van der Waals surface area (Å²) < 4.78 is 10.7. The summed E-state index contributed by atoms with van der Waals surface area (Å²) in [5.41, 5.74) is 3.53. The van der Waals surface area contributed by atoms with Crippen molar-refractivity contribution in [1.82, 2.24) is 0 Å². The van der Waals surface area contributed by atoms with Crippen LogP contribution in [0.2, 0.25) is 0 Å². The lowest BCUT2D eigenvalue weighted by Gasteiger charge is -2.05. The van der Waals surface area contributed by atoms with Crippen molar-refractivity contribution in [3.8, 4) is 5.75 Å². The molecular formula is C23H18O3. The molecule has 0 amide bonds. The molecule has 0 atom stereocenters. The van der Waals surface area contributed by atoms with Gasteiger partial charge in [-0.3, -0.25) is 0 Å². The van der Waals surface area contributed by atoms with Crippen molar-refractivity contribution in [2.75, 3.05) is 7.11 Å². The molecule has 0 radical (unpaired) electrons. The smallest absolute Gasteiger partial charge is 0.343 e. The van der Waals surface area contributed by atoms with E-state index in [0.29, 0.717) is 11.3 Å². The van der Waals surface area contributed by atoms with E-state index in [9.17, 15) is 4.79 Å². The standard InChI is InChI=1S/C23H18O3/c1-15-6-7-18-13-19(9-8-17(18)10-15)22-14-20(23(24)26-22)11-16-4-3-5-21(12-16)25-2/h3-14H,1-2H3/b20-11+. The summed E-state index contributed by atoms with van der Waals surface area (Å²) >= 11 is 0. The van der Waals surface area contributed by atoms with Gasteiger partial charge in [-0.05, 0) is 53.6 Å². The lowest BCUT2D eigenvalue weighted by Crippen LogP contribution is -1.97. The second kappa shape index (κ2) is 6.52. The normalized spacial score (nSPS) is 15.2. The average Bonchev–Trinajstić information content (AvgIpc) is 3.02. The zero-order valence-electron chi connectivity index (χ0n) is 14.7. The van der Waals surface area contributed by atoms with E-state index < -0.39 is 0 Å². The fraction of sp³-hybridized carbons (Fsp3) is 0.0870. The molecule has 3 aromatic rings. The van der Waals surface area contributed by atoms with Crippen molar-refractivity contribution in [3.05, 3.63) is 89.0 Å². The van der Waals surface area contributed by atoms with Crippen LogP contribution in [0.15, 0.2) is 72.3 Å². The zero-order chi connectivity index (χ0) is 18.1. The highest BCUT2D eigenvalue weighted by molar-refractivity contribution is 6.05. The van der Waals surface area contributed by atoms with E-state index in [2.05, 4.69) is 31.2 Å². The number of benzene rings is 3. The van der Waals surface area contributed by atoms with E-state index in [1.165, 1.54) is 10.9 Å². The third-order valence-electron chi connectivity index (χ3n) is 4.42. The second-order valence-corrected chi connectivity index (χ2v) is 6.34. The fourth-order valence-corrected chi connectivity index (χ4v) is 3.06. The van der Waals surface area contributed by atoms with Crippen molar-refractivity contribution in [3.63, 3.8) is 0 Å². The third-order valence-corrected chi connectivity index (χ3v) is 4.42. The van der Waals surface area contributed by atoms with Gasteiger partial charge in [0.2, 0.25) is 0 Å². The Morgan fingerprint density at radius 1 is 0.962 bits per heavy atom. The van der Waals surface area contributed by atoms with Crippen molar-refractivity contribution < 1.29 is 14.3 Å². The first-order valence-corrected chi connectivity index (χ1v) is 8.43. The van der Waals surface area contributed by atoms with Gasteiger partial charge < -0.3 is 9.47 Å². The molecule has 3 nitrogen and oxygen atoms in total. The molecule has 0 saturated carbocycles. The molecule has 1 aliphatic rings. The monoisotopic (exact) mass is 342 g/mol. The topological polar surface area (TPSA) is 35.5 Å². The van der Waals surface area contributed by atoms with E-state index in [1.807, 2.05) is 42.5 Å². The molecule has 0 bridgehead atoms. The van der Waals surface area contributed by atoms with Gasteiger partial charge in [-0.2, -0.15) is 0 Å². The highest BCUT2D eigenvalue weighted by Crippen LogP contribution is 2.30. The molecule has 0 spiro atoms. The molecule has 0 aliphatic carbocycles. The molecule has 4 rings (SSSR count). The van der Waals surface area contributed by atoms with Crippen LogP contribution in [-0.4, -0.2) is 13.1 Å². The molecule has 0 N–H and O–H groups in total. The summed E-state index contributed by atoms with van der Waals surface area (Å²) in [4.78, 5) is 12.3. The van der Waals surface area contributed by atoms with Crippen molar-refractivity contribution in [1.29, 1.82) is 0 Å². The Hall–Kier alpha value is -3.33. The predicted molar refractivity (Wildman–Crippen MR) is 104 cm³/mol. The van der Waals surface area contributed by atoms with Gasteiger partial charge in [0.05, 0.1) is 12.7 Å². The van der Waals surface area contributed by atoms with Crippen LogP contribution >= 0.6 is 0 Å². The Morgan fingerprint density at radius 2 is 1.77 bits per heavy atom. The number of methoxy groups -OCH3 is 1. The van der Waals surface area contributed by atoms with Gasteiger partial charge in [-0.15, -0.1) is 0 Å². The summed E-state index contributed by atoms with van der Waals surface area (Å²) in [6.45, 7) is 2.07. The maximum atomic E-state index is 12.3. The summed E-state index contributed by atoms with van der Waals surface area (Å²) in [5.74, 6) is 0.984. The number of fused-ring (bicyclic) bond motifs is 1. The maximum absolute atomic E-state index is 12.3. The molecule has 128 valence electrons. The number of cyclic esters (lactones) is 1. The van der Waals surface area contributed by atoms with E-state index in [4.69, 9.17) is 9.47 Å². The van der Waals surface area contributed by atoms with Crippen molar-refractivity contribution >= 4 is 28.6 Å². The van der Waals surface area contributed by atoms with E-state index in [-0.39, 0.29) is 5.97 Å². The summed E-state index contributed by atoms with van der Waals surface area (Å²) in [7, 11) is 1.62. The van der Waals surface area contributed by atoms with E-state index >= 15 is 0 Å². The molecule has 0 saturated heterocycles. The highest BCUT2D eigenvalue weighted by atomic mass is 16.5. The fourth-order valence-electron chi connectivity index (χ4n) is 3.06. The molecular weight excluding hydrogens is 324 g/mol. The number of aryl methyl sites for hydroxylation is 1. The zero-order valence-corrected chi connectivity index (χ0v) is 14.7. The van der Waals surface area contributed by atoms with Crippen molar-refractivity contribution in [2.24, 2.45) is 0 Å². The number of carbonyl (C=O) groups is 1. The Labute approximate surface area is 152 Å². The Bertz CT molecular complexity index is 1070. The van der Waals surface area contributed by atoms with Crippen LogP contribution in [0.5, 0.6) is 5.75 Å². The summed E-state index contributed by atoms with van der Waals surface area (Å²) in [5, 5.41) is 2.29. The van der Waals surface area contributed by atoms with Gasteiger partial charge in [-0.25, -0.2) is 4.79 Å². The number of hydrogen-bond donors (Lipinski definition) is 0. The lowest BCUT2D eigenvalue weighted by atomic mass is 10.0. The average molecular weight is 342 g/mol. The van der Waals surface area contributed by atoms with Gasteiger partial charge in [0.1, 0.15) is 11.5 Å². The number of esters is 1. The van der Waals surface area contributed by atoms with Crippen LogP contribution in [0, 0.1) is 6.92 Å². The van der Waals surface area contributed by atoms with Gasteiger partial charge >= 0.3 is 5.97 Å². The third kappa shape index (κ3) is 3.11. The first-order chi connectivity index (χ1) is 12.6. The van der Waals surface area contributed by atoms with Crippen molar-refractivity contribution in [2.45, 2.75) is 6.92 Å². The second-order valence-electron chi connectivity index (χ2n) is 6.34.